The molecule has 29 heavy (non-hydrogen) atoms. The second-order valence-electron chi connectivity index (χ2n) is 5.94. The van der Waals surface area contributed by atoms with Gasteiger partial charge in [-0.25, -0.2) is 9.79 Å². The van der Waals surface area contributed by atoms with Crippen LogP contribution in [-0.2, 0) is 9.53 Å². The third kappa shape index (κ3) is 5.05. The van der Waals surface area contributed by atoms with Crippen LogP contribution in [0.2, 0.25) is 0 Å². The SMILES string of the molecule is CCOC(=O)C1=C(O)C(=Cc2ccc(SC)cc2)SC1=Nc1ccc(OC)cc1. The number of hydrogen-bond donors (Lipinski definition) is 1. The lowest BCUT2D eigenvalue weighted by molar-refractivity contribution is -0.138. The van der Waals surface area contributed by atoms with Crippen molar-refractivity contribution in [3.05, 3.63) is 70.3 Å². The first-order chi connectivity index (χ1) is 14.0. The molecule has 3 rings (SSSR count). The number of esters is 1. The number of ether oxygens (including phenoxy) is 2. The molecular formula is C22H21NO4S2. The zero-order valence-electron chi connectivity index (χ0n) is 16.3. The van der Waals surface area contributed by atoms with Gasteiger partial charge in [-0.15, -0.1) is 11.8 Å². The number of nitrogens with zero attached hydrogens (tertiary/aromatic N) is 1. The van der Waals surface area contributed by atoms with Gasteiger partial charge < -0.3 is 14.6 Å². The van der Waals surface area contributed by atoms with Gasteiger partial charge in [-0.05, 0) is 61.2 Å². The van der Waals surface area contributed by atoms with E-state index in [0.717, 1.165) is 10.5 Å². The zero-order chi connectivity index (χ0) is 20.8. The van der Waals surface area contributed by atoms with E-state index in [9.17, 15) is 9.90 Å². The number of rotatable bonds is 6. The fourth-order valence-electron chi connectivity index (χ4n) is 2.62. The molecule has 2 aromatic carbocycles. The van der Waals surface area contributed by atoms with Gasteiger partial charge in [-0.1, -0.05) is 23.9 Å². The van der Waals surface area contributed by atoms with Gasteiger partial charge >= 0.3 is 5.97 Å². The van der Waals surface area contributed by atoms with E-state index in [1.807, 2.05) is 36.6 Å². The highest BCUT2D eigenvalue weighted by Gasteiger charge is 2.33. The average Bonchev–Trinajstić information content (AvgIpc) is 3.04. The van der Waals surface area contributed by atoms with Crippen LogP contribution in [0.3, 0.4) is 0 Å². The molecule has 1 N–H and O–H groups in total. The lowest BCUT2D eigenvalue weighted by atomic mass is 10.1. The third-order valence-corrected chi connectivity index (χ3v) is 5.85. The minimum atomic E-state index is -0.592. The van der Waals surface area contributed by atoms with E-state index in [1.54, 1.807) is 50.1 Å². The molecule has 2 aromatic rings. The summed E-state index contributed by atoms with van der Waals surface area (Å²) in [5, 5.41) is 11.1. The lowest BCUT2D eigenvalue weighted by Crippen LogP contribution is -2.12. The van der Waals surface area contributed by atoms with E-state index in [4.69, 9.17) is 9.47 Å². The van der Waals surface area contributed by atoms with Gasteiger partial charge in [-0.2, -0.15) is 0 Å². The minimum Gasteiger partial charge on any atom is -0.506 e. The molecule has 0 amide bonds. The fourth-order valence-corrected chi connectivity index (χ4v) is 4.06. The van der Waals surface area contributed by atoms with Crippen molar-refractivity contribution < 1.29 is 19.4 Å². The predicted octanol–water partition coefficient (Wildman–Crippen LogP) is 5.61. The fraction of sp³-hybridized carbons (Fsp3) is 0.182. The van der Waals surface area contributed by atoms with Crippen LogP contribution in [0.4, 0.5) is 5.69 Å². The molecule has 1 aliphatic rings. The normalized spacial score (nSPS) is 16.5. The number of benzene rings is 2. The lowest BCUT2D eigenvalue weighted by Gasteiger charge is -2.04. The number of carbonyl (C=O) groups excluding carboxylic acids is 1. The maximum Gasteiger partial charge on any atom is 0.344 e. The van der Waals surface area contributed by atoms with Gasteiger partial charge in [0, 0.05) is 4.90 Å². The Morgan fingerprint density at radius 2 is 1.86 bits per heavy atom. The van der Waals surface area contributed by atoms with Gasteiger partial charge in [0.15, 0.2) is 0 Å². The highest BCUT2D eigenvalue weighted by atomic mass is 32.2. The second-order valence-corrected chi connectivity index (χ2v) is 7.85. The molecule has 0 saturated carbocycles. The summed E-state index contributed by atoms with van der Waals surface area (Å²) in [6.45, 7) is 1.94. The highest BCUT2D eigenvalue weighted by molar-refractivity contribution is 8.18. The van der Waals surface area contributed by atoms with Crippen molar-refractivity contribution in [1.29, 1.82) is 0 Å². The van der Waals surface area contributed by atoms with Crippen LogP contribution in [0.15, 0.2) is 74.7 Å². The molecule has 0 radical (unpaired) electrons. The summed E-state index contributed by atoms with van der Waals surface area (Å²) >= 11 is 2.90. The summed E-state index contributed by atoms with van der Waals surface area (Å²) in [5.41, 5.74) is 1.65. The Bertz CT molecular complexity index is 977. The summed E-state index contributed by atoms with van der Waals surface area (Å²) in [5.74, 6) is 0.00634. The number of aliphatic hydroxyl groups is 1. The van der Waals surface area contributed by atoms with Gasteiger partial charge in [0.1, 0.15) is 22.1 Å². The minimum absolute atomic E-state index is 0.0830. The maximum atomic E-state index is 12.5. The summed E-state index contributed by atoms with van der Waals surface area (Å²) < 4.78 is 10.3. The maximum absolute atomic E-state index is 12.5. The molecule has 0 aromatic heterocycles. The van der Waals surface area contributed by atoms with Crippen molar-refractivity contribution in [2.75, 3.05) is 20.0 Å². The van der Waals surface area contributed by atoms with Crippen LogP contribution in [0.1, 0.15) is 12.5 Å². The topological polar surface area (TPSA) is 68.1 Å². The first-order valence-electron chi connectivity index (χ1n) is 8.93. The standard InChI is InChI=1S/C22H21NO4S2/c1-4-27-22(25)19-20(24)18(13-14-5-11-17(28-3)12-6-14)29-21(19)23-15-7-9-16(26-2)10-8-15/h5-13,24H,4H2,1-3H3. The summed E-state index contributed by atoms with van der Waals surface area (Å²) in [6.07, 6.45) is 3.85. The van der Waals surface area contributed by atoms with E-state index in [2.05, 4.69) is 4.99 Å². The molecule has 0 aliphatic carbocycles. The van der Waals surface area contributed by atoms with Crippen LogP contribution in [-0.4, -0.2) is 36.1 Å². The van der Waals surface area contributed by atoms with Crippen LogP contribution in [0.25, 0.3) is 6.08 Å². The Labute approximate surface area is 178 Å². The molecular weight excluding hydrogens is 406 g/mol. The highest BCUT2D eigenvalue weighted by Crippen LogP contribution is 2.40. The molecule has 0 saturated heterocycles. The average molecular weight is 428 g/mol. The molecule has 0 atom stereocenters. The molecule has 7 heteroatoms. The number of aliphatic hydroxyl groups excluding tert-OH is 1. The first-order valence-corrected chi connectivity index (χ1v) is 11.0. The van der Waals surface area contributed by atoms with Crippen molar-refractivity contribution in [2.24, 2.45) is 4.99 Å². The number of hydrogen-bond acceptors (Lipinski definition) is 7. The van der Waals surface area contributed by atoms with Gasteiger partial charge in [0.2, 0.25) is 0 Å². The molecule has 0 spiro atoms. The molecule has 5 nitrogen and oxygen atoms in total. The van der Waals surface area contributed by atoms with Gasteiger partial charge in [0.05, 0.1) is 24.3 Å². The number of methoxy groups -OCH3 is 1. The number of carbonyl (C=O) groups is 1. The first kappa shape index (κ1) is 21.1. The molecule has 1 heterocycles. The van der Waals surface area contributed by atoms with Gasteiger partial charge in [-0.3, -0.25) is 0 Å². The zero-order valence-corrected chi connectivity index (χ0v) is 18.0. The monoisotopic (exact) mass is 427 g/mol. The second kappa shape index (κ2) is 9.71. The third-order valence-electron chi connectivity index (χ3n) is 4.09. The number of thioether (sulfide) groups is 2. The Hall–Kier alpha value is -2.64. The van der Waals surface area contributed by atoms with Crippen molar-refractivity contribution in [1.82, 2.24) is 0 Å². The van der Waals surface area contributed by atoms with Crippen molar-refractivity contribution in [3.8, 4) is 5.75 Å². The van der Waals surface area contributed by atoms with Crippen molar-refractivity contribution >= 4 is 46.3 Å². The summed E-state index contributed by atoms with van der Waals surface area (Å²) in [4.78, 5) is 18.7. The Morgan fingerprint density at radius 3 is 2.45 bits per heavy atom. The van der Waals surface area contributed by atoms with Crippen LogP contribution >= 0.6 is 23.5 Å². The van der Waals surface area contributed by atoms with Crippen molar-refractivity contribution in [3.63, 3.8) is 0 Å². The smallest absolute Gasteiger partial charge is 0.344 e. The van der Waals surface area contributed by atoms with E-state index in [0.29, 0.717) is 21.4 Å². The summed E-state index contributed by atoms with van der Waals surface area (Å²) in [7, 11) is 1.59. The Morgan fingerprint density at radius 1 is 1.17 bits per heavy atom. The quantitative estimate of drug-likeness (QED) is 0.477. The molecule has 0 unspecified atom stereocenters. The van der Waals surface area contributed by atoms with Crippen LogP contribution in [0, 0.1) is 0 Å². The van der Waals surface area contributed by atoms with Crippen LogP contribution in [0.5, 0.6) is 5.75 Å². The Balaban J connectivity index is 1.98. The number of aliphatic imine (C=N–C) groups is 1. The van der Waals surface area contributed by atoms with Gasteiger partial charge in [0.25, 0.3) is 0 Å². The predicted molar refractivity (Wildman–Crippen MR) is 120 cm³/mol. The van der Waals surface area contributed by atoms with E-state index in [-0.39, 0.29) is 17.9 Å². The molecule has 150 valence electrons. The van der Waals surface area contributed by atoms with Crippen molar-refractivity contribution in [2.45, 2.75) is 11.8 Å². The molecule has 0 fully saturated rings. The van der Waals surface area contributed by atoms with Crippen LogP contribution < -0.4 is 4.74 Å². The Kier molecular flexibility index (Phi) is 7.06. The van der Waals surface area contributed by atoms with E-state index >= 15 is 0 Å². The molecule has 0 bridgehead atoms. The van der Waals surface area contributed by atoms with E-state index < -0.39 is 5.97 Å². The van der Waals surface area contributed by atoms with E-state index in [1.165, 1.54) is 11.8 Å². The summed E-state index contributed by atoms with van der Waals surface area (Å²) in [6, 6.07) is 15.1. The largest absolute Gasteiger partial charge is 0.506 e. The molecule has 1 aliphatic heterocycles.